The van der Waals surface area contributed by atoms with E-state index in [0.717, 1.165) is 44.3 Å². The van der Waals surface area contributed by atoms with Crippen LogP contribution in [0.4, 0.5) is 0 Å². The minimum atomic E-state index is 0.0572. The van der Waals surface area contributed by atoms with Crippen LogP contribution in [-0.2, 0) is 10.2 Å². The van der Waals surface area contributed by atoms with Gasteiger partial charge in [-0.1, -0.05) is 26.0 Å². The van der Waals surface area contributed by atoms with E-state index in [4.69, 9.17) is 9.47 Å². The first kappa shape index (κ1) is 20.6. The Hall–Kier alpha value is -1.75. The van der Waals surface area contributed by atoms with Crippen LogP contribution < -0.4 is 15.4 Å². The van der Waals surface area contributed by atoms with E-state index in [1.54, 1.807) is 0 Å². The smallest absolute Gasteiger partial charge is 0.191 e. The number of aliphatic imine (C=N–C) groups is 1. The highest BCUT2D eigenvalue weighted by Gasteiger charge is 2.34. The lowest BCUT2D eigenvalue weighted by Crippen LogP contribution is -2.50. The van der Waals surface area contributed by atoms with Gasteiger partial charge >= 0.3 is 0 Å². The molecule has 5 heteroatoms. The quantitative estimate of drug-likeness (QED) is 0.578. The molecule has 1 atom stereocenters. The largest absolute Gasteiger partial charge is 0.494 e. The first-order chi connectivity index (χ1) is 12.5. The minimum Gasteiger partial charge on any atom is -0.494 e. The van der Waals surface area contributed by atoms with E-state index in [1.165, 1.54) is 5.56 Å². The number of nitrogens with one attached hydrogen (secondary N) is 2. The van der Waals surface area contributed by atoms with Gasteiger partial charge in [-0.3, -0.25) is 4.99 Å². The van der Waals surface area contributed by atoms with Crippen molar-refractivity contribution >= 4 is 5.96 Å². The zero-order chi connectivity index (χ0) is 19.0. The molecule has 1 aromatic carbocycles. The fraction of sp³-hybridized carbons (Fsp3) is 0.667. The fourth-order valence-electron chi connectivity index (χ4n) is 3.23. The molecule has 1 aliphatic rings. The van der Waals surface area contributed by atoms with Crippen molar-refractivity contribution in [2.24, 2.45) is 10.9 Å². The summed E-state index contributed by atoms with van der Waals surface area (Å²) in [7, 11) is 1.83. The van der Waals surface area contributed by atoms with Crippen LogP contribution in [-0.4, -0.2) is 45.4 Å². The average Bonchev–Trinajstić information content (AvgIpc) is 2.66. The second kappa shape index (κ2) is 9.81. The number of rotatable bonds is 7. The Morgan fingerprint density at radius 2 is 1.85 bits per heavy atom. The molecule has 1 heterocycles. The predicted molar refractivity (Wildman–Crippen MR) is 108 cm³/mol. The SMILES string of the molecule is CCOc1ccc(C2(CNC(=NC)NC(C)C(C)C)CCOCC2)cc1. The van der Waals surface area contributed by atoms with Crippen LogP contribution in [0.2, 0.25) is 0 Å². The van der Waals surface area contributed by atoms with Crippen LogP contribution in [0.1, 0.15) is 46.1 Å². The second-order valence-corrected chi connectivity index (χ2v) is 7.45. The number of guanidine groups is 1. The predicted octanol–water partition coefficient (Wildman–Crippen LogP) is 3.34. The molecule has 2 N–H and O–H groups in total. The van der Waals surface area contributed by atoms with Crippen molar-refractivity contribution in [3.05, 3.63) is 29.8 Å². The third kappa shape index (κ3) is 5.37. The van der Waals surface area contributed by atoms with E-state index < -0.39 is 0 Å². The van der Waals surface area contributed by atoms with Gasteiger partial charge in [-0.15, -0.1) is 0 Å². The lowest BCUT2D eigenvalue weighted by atomic mass is 9.74. The second-order valence-electron chi connectivity index (χ2n) is 7.45. The summed E-state index contributed by atoms with van der Waals surface area (Å²) in [6, 6.07) is 8.92. The number of ether oxygens (including phenoxy) is 2. The lowest BCUT2D eigenvalue weighted by Gasteiger charge is -2.38. The maximum absolute atomic E-state index is 5.64. The van der Waals surface area contributed by atoms with Gasteiger partial charge in [-0.2, -0.15) is 0 Å². The van der Waals surface area contributed by atoms with Crippen molar-refractivity contribution < 1.29 is 9.47 Å². The van der Waals surface area contributed by atoms with Gasteiger partial charge in [-0.05, 0) is 50.3 Å². The Balaban J connectivity index is 2.11. The third-order valence-electron chi connectivity index (χ3n) is 5.41. The zero-order valence-electron chi connectivity index (χ0n) is 17.0. The summed E-state index contributed by atoms with van der Waals surface area (Å²) in [5.74, 6) is 2.34. The maximum Gasteiger partial charge on any atom is 0.191 e. The standard InChI is InChI=1S/C21H35N3O2/c1-6-26-19-9-7-18(8-10-19)21(11-13-25-14-12-21)15-23-20(22-5)24-17(4)16(2)3/h7-10,16-17H,6,11-15H2,1-5H3,(H2,22,23,24). The van der Waals surface area contributed by atoms with Crippen LogP contribution in [0, 0.1) is 5.92 Å². The molecule has 0 saturated carbocycles. The minimum absolute atomic E-state index is 0.0572. The molecule has 0 spiro atoms. The first-order valence-electron chi connectivity index (χ1n) is 9.79. The topological polar surface area (TPSA) is 54.9 Å². The number of hydrogen-bond donors (Lipinski definition) is 2. The van der Waals surface area contributed by atoms with Gasteiger partial charge in [0.05, 0.1) is 6.61 Å². The van der Waals surface area contributed by atoms with Gasteiger partial charge in [0.15, 0.2) is 5.96 Å². The van der Waals surface area contributed by atoms with Crippen LogP contribution in [0.25, 0.3) is 0 Å². The van der Waals surface area contributed by atoms with Gasteiger partial charge in [0.1, 0.15) is 5.75 Å². The monoisotopic (exact) mass is 361 g/mol. The molecule has 0 bridgehead atoms. The van der Waals surface area contributed by atoms with Crippen molar-refractivity contribution in [1.82, 2.24) is 10.6 Å². The van der Waals surface area contributed by atoms with Gasteiger partial charge in [-0.25, -0.2) is 0 Å². The molecule has 1 aromatic rings. The van der Waals surface area contributed by atoms with Gasteiger partial charge in [0.2, 0.25) is 0 Å². The normalized spacial score (nSPS) is 18.5. The summed E-state index contributed by atoms with van der Waals surface area (Å²) in [6.07, 6.45) is 2.01. The van der Waals surface area contributed by atoms with Crippen molar-refractivity contribution in [2.45, 2.75) is 52.0 Å². The molecule has 0 aliphatic carbocycles. The van der Waals surface area contributed by atoms with E-state index >= 15 is 0 Å². The van der Waals surface area contributed by atoms with Crippen molar-refractivity contribution in [1.29, 1.82) is 0 Å². The summed E-state index contributed by atoms with van der Waals surface area (Å²) in [4.78, 5) is 4.40. The van der Waals surface area contributed by atoms with E-state index in [1.807, 2.05) is 14.0 Å². The van der Waals surface area contributed by atoms with E-state index in [2.05, 4.69) is 60.7 Å². The highest BCUT2D eigenvalue weighted by atomic mass is 16.5. The Morgan fingerprint density at radius 1 is 1.19 bits per heavy atom. The van der Waals surface area contributed by atoms with Crippen LogP contribution >= 0.6 is 0 Å². The summed E-state index contributed by atoms with van der Waals surface area (Å²) < 4.78 is 11.2. The van der Waals surface area contributed by atoms with Gasteiger partial charge in [0.25, 0.3) is 0 Å². The summed E-state index contributed by atoms with van der Waals surface area (Å²) in [5, 5.41) is 7.04. The van der Waals surface area contributed by atoms with Crippen molar-refractivity contribution in [3.8, 4) is 5.75 Å². The molecule has 0 aromatic heterocycles. The molecule has 2 rings (SSSR count). The van der Waals surface area contributed by atoms with E-state index in [0.29, 0.717) is 18.6 Å². The average molecular weight is 362 g/mol. The summed E-state index contributed by atoms with van der Waals surface area (Å²) in [6.45, 7) is 11.7. The van der Waals surface area contributed by atoms with Crippen LogP contribution in [0.5, 0.6) is 5.75 Å². The molecule has 0 radical (unpaired) electrons. The van der Waals surface area contributed by atoms with Gasteiger partial charge in [0, 0.05) is 38.3 Å². The fourth-order valence-corrected chi connectivity index (χ4v) is 3.23. The van der Waals surface area contributed by atoms with E-state index in [9.17, 15) is 0 Å². The Morgan fingerprint density at radius 3 is 2.38 bits per heavy atom. The Labute approximate surface area is 158 Å². The maximum atomic E-state index is 5.64. The first-order valence-corrected chi connectivity index (χ1v) is 9.79. The third-order valence-corrected chi connectivity index (χ3v) is 5.41. The Bertz CT molecular complexity index is 563. The van der Waals surface area contributed by atoms with Gasteiger partial charge < -0.3 is 20.1 Å². The molecule has 1 unspecified atom stereocenters. The molecule has 1 aliphatic heterocycles. The lowest BCUT2D eigenvalue weighted by molar-refractivity contribution is 0.0513. The molecular weight excluding hydrogens is 326 g/mol. The van der Waals surface area contributed by atoms with Crippen LogP contribution in [0.15, 0.2) is 29.3 Å². The molecule has 1 saturated heterocycles. The molecule has 5 nitrogen and oxygen atoms in total. The van der Waals surface area contributed by atoms with Crippen LogP contribution in [0.3, 0.4) is 0 Å². The molecule has 0 amide bonds. The van der Waals surface area contributed by atoms with E-state index in [-0.39, 0.29) is 5.41 Å². The summed E-state index contributed by atoms with van der Waals surface area (Å²) in [5.41, 5.74) is 1.39. The zero-order valence-corrected chi connectivity index (χ0v) is 17.0. The number of hydrogen-bond acceptors (Lipinski definition) is 3. The highest BCUT2D eigenvalue weighted by molar-refractivity contribution is 5.80. The molecule has 146 valence electrons. The highest BCUT2D eigenvalue weighted by Crippen LogP contribution is 2.35. The Kier molecular flexibility index (Phi) is 7.76. The molecule has 1 fully saturated rings. The summed E-state index contributed by atoms with van der Waals surface area (Å²) >= 11 is 0. The van der Waals surface area contributed by atoms with Crippen molar-refractivity contribution in [2.75, 3.05) is 33.4 Å². The number of benzene rings is 1. The van der Waals surface area contributed by atoms with Crippen molar-refractivity contribution in [3.63, 3.8) is 0 Å². The molecule has 26 heavy (non-hydrogen) atoms. The molecular formula is C21H35N3O2. The number of nitrogens with zero attached hydrogens (tertiary/aromatic N) is 1.